The van der Waals surface area contributed by atoms with Gasteiger partial charge in [-0.15, -0.1) is 0 Å². The van der Waals surface area contributed by atoms with E-state index < -0.39 is 5.60 Å². The summed E-state index contributed by atoms with van der Waals surface area (Å²) < 4.78 is 5.32. The van der Waals surface area contributed by atoms with Gasteiger partial charge >= 0.3 is 0 Å². The first-order valence-corrected chi connectivity index (χ1v) is 6.01. The molecular formula is C13H17ClO2. The Kier molecular flexibility index (Phi) is 3.53. The van der Waals surface area contributed by atoms with Crippen molar-refractivity contribution in [2.45, 2.75) is 25.4 Å². The van der Waals surface area contributed by atoms with Crippen LogP contribution >= 0.6 is 11.6 Å². The summed E-state index contributed by atoms with van der Waals surface area (Å²) in [7, 11) is 0. The van der Waals surface area contributed by atoms with Crippen LogP contribution in [0.5, 0.6) is 0 Å². The molecule has 0 aliphatic carbocycles. The molecule has 2 rings (SSSR count). The van der Waals surface area contributed by atoms with Crippen molar-refractivity contribution in [2.75, 3.05) is 13.2 Å². The third-order valence-electron chi connectivity index (χ3n) is 3.32. The zero-order valence-electron chi connectivity index (χ0n) is 9.45. The van der Waals surface area contributed by atoms with Gasteiger partial charge in [0.1, 0.15) is 0 Å². The normalized spacial score (nSPS) is 24.3. The van der Waals surface area contributed by atoms with Crippen molar-refractivity contribution in [1.82, 2.24) is 0 Å². The van der Waals surface area contributed by atoms with Crippen LogP contribution in [0.1, 0.15) is 18.9 Å². The molecule has 2 atom stereocenters. The summed E-state index contributed by atoms with van der Waals surface area (Å²) in [5, 5.41) is 11.2. The van der Waals surface area contributed by atoms with E-state index in [0.717, 1.165) is 23.6 Å². The number of hydrogen-bond donors (Lipinski definition) is 1. The Morgan fingerprint density at radius 1 is 1.50 bits per heavy atom. The van der Waals surface area contributed by atoms with Gasteiger partial charge in [-0.3, -0.25) is 0 Å². The molecule has 1 aliphatic heterocycles. The van der Waals surface area contributed by atoms with E-state index in [0.29, 0.717) is 13.0 Å². The molecular weight excluding hydrogens is 224 g/mol. The van der Waals surface area contributed by atoms with Crippen LogP contribution < -0.4 is 0 Å². The molecule has 0 bridgehead atoms. The largest absolute Gasteiger partial charge is 0.389 e. The molecule has 0 radical (unpaired) electrons. The van der Waals surface area contributed by atoms with E-state index in [1.165, 1.54) is 0 Å². The van der Waals surface area contributed by atoms with Gasteiger partial charge in [0.2, 0.25) is 0 Å². The van der Waals surface area contributed by atoms with E-state index in [1.807, 2.05) is 31.2 Å². The fourth-order valence-corrected chi connectivity index (χ4v) is 2.40. The summed E-state index contributed by atoms with van der Waals surface area (Å²) >= 11 is 6.09. The number of hydrogen-bond acceptors (Lipinski definition) is 2. The zero-order chi connectivity index (χ0) is 11.6. The van der Waals surface area contributed by atoms with Crippen molar-refractivity contribution in [3.63, 3.8) is 0 Å². The van der Waals surface area contributed by atoms with Gasteiger partial charge in [0.05, 0.1) is 12.2 Å². The summed E-state index contributed by atoms with van der Waals surface area (Å²) in [4.78, 5) is 0. The highest BCUT2D eigenvalue weighted by Gasteiger charge is 2.35. The van der Waals surface area contributed by atoms with E-state index in [2.05, 4.69) is 0 Å². The molecule has 1 heterocycles. The Balaban J connectivity index is 2.10. The predicted octanol–water partition coefficient (Wildman–Crippen LogP) is 2.67. The molecule has 16 heavy (non-hydrogen) atoms. The first kappa shape index (κ1) is 11.9. The van der Waals surface area contributed by atoms with E-state index in [4.69, 9.17) is 16.3 Å². The molecule has 2 unspecified atom stereocenters. The minimum absolute atomic E-state index is 0.212. The van der Waals surface area contributed by atoms with Crippen molar-refractivity contribution in [1.29, 1.82) is 0 Å². The second kappa shape index (κ2) is 4.74. The first-order chi connectivity index (χ1) is 7.59. The first-order valence-electron chi connectivity index (χ1n) is 5.63. The lowest BCUT2D eigenvalue weighted by atomic mass is 9.83. The van der Waals surface area contributed by atoms with Crippen LogP contribution in [0, 0.1) is 5.92 Å². The molecule has 1 saturated heterocycles. The average Bonchev–Trinajstić information content (AvgIpc) is 2.75. The Labute approximate surface area is 101 Å². The average molecular weight is 241 g/mol. The maximum atomic E-state index is 10.5. The van der Waals surface area contributed by atoms with E-state index in [-0.39, 0.29) is 5.92 Å². The quantitative estimate of drug-likeness (QED) is 0.880. The van der Waals surface area contributed by atoms with Crippen LogP contribution in [0.4, 0.5) is 0 Å². The fourth-order valence-electron chi connectivity index (χ4n) is 2.20. The molecule has 0 spiro atoms. The summed E-state index contributed by atoms with van der Waals surface area (Å²) in [5.74, 6) is 0.212. The van der Waals surface area contributed by atoms with Gasteiger partial charge in [-0.1, -0.05) is 29.8 Å². The van der Waals surface area contributed by atoms with Crippen LogP contribution in [-0.4, -0.2) is 23.9 Å². The lowest BCUT2D eigenvalue weighted by Crippen LogP contribution is -2.37. The van der Waals surface area contributed by atoms with Crippen LogP contribution in [0.15, 0.2) is 24.3 Å². The van der Waals surface area contributed by atoms with Gasteiger partial charge in [-0.25, -0.2) is 0 Å². The third kappa shape index (κ3) is 2.57. The standard InChI is InChI=1S/C13H17ClO2/c1-13(15,11-6-7-16-9-11)8-10-4-2-3-5-12(10)14/h2-5,11,15H,6-9H2,1H3. The number of aliphatic hydroxyl groups is 1. The molecule has 88 valence electrons. The number of benzene rings is 1. The van der Waals surface area contributed by atoms with Gasteiger partial charge in [0.25, 0.3) is 0 Å². The van der Waals surface area contributed by atoms with Gasteiger partial charge in [-0.05, 0) is 25.0 Å². The molecule has 0 saturated carbocycles. The molecule has 1 aromatic rings. The highest BCUT2D eigenvalue weighted by atomic mass is 35.5. The van der Waals surface area contributed by atoms with Crippen LogP contribution in [-0.2, 0) is 11.2 Å². The lowest BCUT2D eigenvalue weighted by Gasteiger charge is -2.29. The maximum Gasteiger partial charge on any atom is 0.0711 e. The van der Waals surface area contributed by atoms with Gasteiger partial charge in [0, 0.05) is 24.0 Å². The number of rotatable bonds is 3. The van der Waals surface area contributed by atoms with Crippen LogP contribution in [0.2, 0.25) is 5.02 Å². The Morgan fingerprint density at radius 2 is 2.25 bits per heavy atom. The van der Waals surface area contributed by atoms with E-state index >= 15 is 0 Å². The van der Waals surface area contributed by atoms with Crippen molar-refractivity contribution in [3.05, 3.63) is 34.9 Å². The summed E-state index contributed by atoms with van der Waals surface area (Å²) in [5.41, 5.74) is 0.266. The van der Waals surface area contributed by atoms with Crippen molar-refractivity contribution in [3.8, 4) is 0 Å². The summed E-state index contributed by atoms with van der Waals surface area (Å²) in [6, 6.07) is 7.67. The molecule has 1 fully saturated rings. The van der Waals surface area contributed by atoms with E-state index in [9.17, 15) is 5.11 Å². The molecule has 0 amide bonds. The molecule has 1 N–H and O–H groups in total. The number of ether oxygens (including phenoxy) is 1. The highest BCUT2D eigenvalue weighted by Crippen LogP contribution is 2.30. The second-order valence-electron chi connectivity index (χ2n) is 4.69. The van der Waals surface area contributed by atoms with Crippen molar-refractivity contribution in [2.24, 2.45) is 5.92 Å². The smallest absolute Gasteiger partial charge is 0.0711 e. The lowest BCUT2D eigenvalue weighted by molar-refractivity contribution is -0.00452. The highest BCUT2D eigenvalue weighted by molar-refractivity contribution is 6.31. The van der Waals surface area contributed by atoms with Crippen molar-refractivity contribution < 1.29 is 9.84 Å². The zero-order valence-corrected chi connectivity index (χ0v) is 10.2. The molecule has 3 heteroatoms. The summed E-state index contributed by atoms with van der Waals surface area (Å²) in [6.07, 6.45) is 1.51. The minimum Gasteiger partial charge on any atom is -0.389 e. The monoisotopic (exact) mass is 240 g/mol. The Bertz CT molecular complexity index is 357. The molecule has 2 nitrogen and oxygen atoms in total. The fraction of sp³-hybridized carbons (Fsp3) is 0.538. The number of halogens is 1. The van der Waals surface area contributed by atoms with Crippen molar-refractivity contribution >= 4 is 11.6 Å². The Hall–Kier alpha value is -0.570. The second-order valence-corrected chi connectivity index (χ2v) is 5.09. The Morgan fingerprint density at radius 3 is 2.88 bits per heavy atom. The maximum absolute atomic E-state index is 10.5. The van der Waals surface area contributed by atoms with Gasteiger partial charge in [-0.2, -0.15) is 0 Å². The topological polar surface area (TPSA) is 29.5 Å². The molecule has 1 aliphatic rings. The van der Waals surface area contributed by atoms with E-state index in [1.54, 1.807) is 0 Å². The molecule has 1 aromatic carbocycles. The van der Waals surface area contributed by atoms with Gasteiger partial charge < -0.3 is 9.84 Å². The van der Waals surface area contributed by atoms with Crippen LogP contribution in [0.25, 0.3) is 0 Å². The third-order valence-corrected chi connectivity index (χ3v) is 3.68. The SMILES string of the molecule is CC(O)(Cc1ccccc1Cl)C1CCOC1. The van der Waals surface area contributed by atoms with Gasteiger partial charge in [0.15, 0.2) is 0 Å². The molecule has 0 aromatic heterocycles. The van der Waals surface area contributed by atoms with Crippen LogP contribution in [0.3, 0.4) is 0 Å². The predicted molar refractivity (Wildman–Crippen MR) is 64.7 cm³/mol. The summed E-state index contributed by atoms with van der Waals surface area (Å²) in [6.45, 7) is 3.27. The minimum atomic E-state index is -0.735.